The van der Waals surface area contributed by atoms with E-state index in [1.807, 2.05) is 48.5 Å². The fraction of sp³-hybridized carbons (Fsp3) is 0.370. The van der Waals surface area contributed by atoms with Crippen LogP contribution in [0.2, 0.25) is 0 Å². The van der Waals surface area contributed by atoms with Gasteiger partial charge in [0.2, 0.25) is 5.91 Å². The zero-order valence-corrected chi connectivity index (χ0v) is 18.4. The van der Waals surface area contributed by atoms with Gasteiger partial charge in [0, 0.05) is 25.7 Å². The molecule has 32 heavy (non-hydrogen) atoms. The normalized spacial score (nSPS) is 13.2. The summed E-state index contributed by atoms with van der Waals surface area (Å²) < 4.78 is 0. The number of fused-ring (bicyclic) bond motifs is 1. The van der Waals surface area contributed by atoms with Crippen LogP contribution in [0, 0.1) is 0 Å². The Morgan fingerprint density at radius 3 is 2.41 bits per heavy atom. The first kappa shape index (κ1) is 23.5. The van der Waals surface area contributed by atoms with E-state index in [9.17, 15) is 19.5 Å². The second kappa shape index (κ2) is 12.0. The van der Waals surface area contributed by atoms with Crippen molar-refractivity contribution in [1.82, 2.24) is 5.32 Å². The molecule has 0 fully saturated rings. The molecule has 0 bridgehead atoms. The molecule has 1 aliphatic carbocycles. The lowest BCUT2D eigenvalue weighted by Crippen LogP contribution is -2.41. The first-order valence-corrected chi connectivity index (χ1v) is 11.4. The van der Waals surface area contributed by atoms with Crippen molar-refractivity contribution in [2.45, 2.75) is 63.8 Å². The number of amides is 1. The number of benzene rings is 2. The zero-order chi connectivity index (χ0) is 22.8. The fourth-order valence-electron chi connectivity index (χ4n) is 4.09. The molecule has 2 aromatic rings. The molecule has 0 spiro atoms. The molecule has 0 aromatic heterocycles. The van der Waals surface area contributed by atoms with Crippen LogP contribution in [-0.2, 0) is 27.2 Å². The molecular weight excluding hydrogens is 402 g/mol. The molecule has 1 atom stereocenters. The van der Waals surface area contributed by atoms with Crippen molar-refractivity contribution in [3.05, 3.63) is 77.4 Å². The van der Waals surface area contributed by atoms with Crippen molar-refractivity contribution in [2.24, 2.45) is 0 Å². The number of nitrogens with one attached hydrogen (secondary N) is 1. The second-order valence-electron chi connectivity index (χ2n) is 8.34. The average Bonchev–Trinajstić information content (AvgIpc) is 3.20. The minimum Gasteiger partial charge on any atom is -0.480 e. The molecule has 2 N–H and O–H groups in total. The van der Waals surface area contributed by atoms with Crippen molar-refractivity contribution >= 4 is 23.2 Å². The molecule has 5 nitrogen and oxygen atoms in total. The molecule has 0 heterocycles. The summed E-state index contributed by atoms with van der Waals surface area (Å²) in [6.45, 7) is 0. The Hall–Kier alpha value is -3.21. The number of unbranched alkanes of at least 4 members (excludes halogenated alkanes) is 2. The van der Waals surface area contributed by atoms with E-state index in [0.717, 1.165) is 43.2 Å². The number of carboxylic acid groups (broad SMARTS) is 1. The van der Waals surface area contributed by atoms with E-state index < -0.39 is 12.0 Å². The van der Waals surface area contributed by atoms with E-state index in [-0.39, 0.29) is 31.0 Å². The van der Waals surface area contributed by atoms with Crippen LogP contribution in [0.5, 0.6) is 0 Å². The number of carboxylic acids is 1. The summed E-state index contributed by atoms with van der Waals surface area (Å²) >= 11 is 0. The van der Waals surface area contributed by atoms with Crippen molar-refractivity contribution in [3.63, 3.8) is 0 Å². The van der Waals surface area contributed by atoms with Gasteiger partial charge in [-0.2, -0.15) is 0 Å². The lowest BCUT2D eigenvalue weighted by molar-refractivity contribution is -0.141. The Morgan fingerprint density at radius 1 is 0.875 bits per heavy atom. The average molecular weight is 434 g/mol. The summed E-state index contributed by atoms with van der Waals surface area (Å²) in [6.07, 6.45) is 7.54. The molecule has 168 valence electrons. The highest BCUT2D eigenvalue weighted by atomic mass is 16.4. The van der Waals surface area contributed by atoms with Gasteiger partial charge in [0.15, 0.2) is 0 Å². The van der Waals surface area contributed by atoms with Crippen LogP contribution >= 0.6 is 0 Å². The van der Waals surface area contributed by atoms with Crippen LogP contribution in [0.25, 0.3) is 5.57 Å². The van der Waals surface area contributed by atoms with E-state index in [1.54, 1.807) is 0 Å². The summed E-state index contributed by atoms with van der Waals surface area (Å²) in [5, 5.41) is 12.1. The summed E-state index contributed by atoms with van der Waals surface area (Å²) in [6, 6.07) is 17.2. The minimum absolute atomic E-state index is 0.0300. The third-order valence-electron chi connectivity index (χ3n) is 5.88. The number of hydrogen-bond donors (Lipinski definition) is 2. The van der Waals surface area contributed by atoms with Crippen LogP contribution in [-0.4, -0.2) is 28.8 Å². The van der Waals surface area contributed by atoms with Crippen LogP contribution in [0.1, 0.15) is 61.6 Å². The van der Waals surface area contributed by atoms with Gasteiger partial charge >= 0.3 is 5.97 Å². The number of carbonyl (C=O) groups excluding carboxylic acids is 2. The smallest absolute Gasteiger partial charge is 0.326 e. The third kappa shape index (κ3) is 7.19. The van der Waals surface area contributed by atoms with Gasteiger partial charge in [0.25, 0.3) is 0 Å². The van der Waals surface area contributed by atoms with Crippen LogP contribution < -0.4 is 5.32 Å². The van der Waals surface area contributed by atoms with Crippen LogP contribution in [0.4, 0.5) is 0 Å². The maximum Gasteiger partial charge on any atom is 0.326 e. The van der Waals surface area contributed by atoms with Gasteiger partial charge in [-0.25, -0.2) is 4.79 Å². The molecule has 2 aromatic carbocycles. The Balaban J connectivity index is 1.34. The first-order chi connectivity index (χ1) is 15.5. The van der Waals surface area contributed by atoms with Crippen LogP contribution in [0.15, 0.2) is 60.7 Å². The SMILES string of the molecule is O=C(CCCCCc1ccccc1)CCC(=O)NC(CC1=CCc2ccccc21)C(=O)O. The lowest BCUT2D eigenvalue weighted by Gasteiger charge is -2.16. The van der Waals surface area contributed by atoms with E-state index in [2.05, 4.69) is 17.4 Å². The van der Waals surface area contributed by atoms with Crippen LogP contribution in [0.3, 0.4) is 0 Å². The van der Waals surface area contributed by atoms with Crippen molar-refractivity contribution in [3.8, 4) is 0 Å². The number of aryl methyl sites for hydroxylation is 1. The summed E-state index contributed by atoms with van der Waals surface area (Å²) in [7, 11) is 0. The maximum atomic E-state index is 12.3. The monoisotopic (exact) mass is 433 g/mol. The molecule has 1 amide bonds. The molecule has 0 radical (unpaired) electrons. The number of ketones is 1. The number of aliphatic carboxylic acids is 1. The number of carbonyl (C=O) groups is 3. The quantitative estimate of drug-likeness (QED) is 0.447. The van der Waals surface area contributed by atoms with Gasteiger partial charge in [0.1, 0.15) is 11.8 Å². The highest BCUT2D eigenvalue weighted by molar-refractivity contribution is 5.89. The molecule has 1 unspecified atom stereocenters. The van der Waals surface area contributed by atoms with Crippen molar-refractivity contribution in [2.75, 3.05) is 0 Å². The van der Waals surface area contributed by atoms with Gasteiger partial charge in [-0.1, -0.05) is 67.1 Å². The Bertz CT molecular complexity index is 965. The van der Waals surface area contributed by atoms with E-state index >= 15 is 0 Å². The maximum absolute atomic E-state index is 12.3. The summed E-state index contributed by atoms with van der Waals surface area (Å²) in [4.78, 5) is 36.0. The van der Waals surface area contributed by atoms with Gasteiger partial charge in [-0.3, -0.25) is 9.59 Å². The summed E-state index contributed by atoms with van der Waals surface area (Å²) in [5.74, 6) is -1.39. The summed E-state index contributed by atoms with van der Waals surface area (Å²) in [5.41, 5.74) is 4.47. The fourth-order valence-corrected chi connectivity index (χ4v) is 4.09. The highest BCUT2D eigenvalue weighted by Crippen LogP contribution is 2.30. The van der Waals surface area contributed by atoms with Gasteiger partial charge in [-0.15, -0.1) is 0 Å². The Labute approximate surface area is 189 Å². The number of Topliss-reactive ketones (excluding diaryl/α,β-unsaturated/α-hetero) is 1. The lowest BCUT2D eigenvalue weighted by atomic mass is 9.99. The van der Waals surface area contributed by atoms with Crippen molar-refractivity contribution in [1.29, 1.82) is 0 Å². The van der Waals surface area contributed by atoms with E-state index in [1.165, 1.54) is 11.1 Å². The largest absolute Gasteiger partial charge is 0.480 e. The van der Waals surface area contributed by atoms with Gasteiger partial charge < -0.3 is 10.4 Å². The van der Waals surface area contributed by atoms with Gasteiger partial charge in [0.05, 0.1) is 0 Å². The molecule has 0 saturated carbocycles. The van der Waals surface area contributed by atoms with E-state index in [0.29, 0.717) is 6.42 Å². The standard InChI is InChI=1S/C27H31NO4/c29-23(13-6-2-5-11-20-9-3-1-4-10-20)17-18-26(30)28-25(27(31)32)19-22-16-15-21-12-7-8-14-24(21)22/h1,3-4,7-10,12,14,16,25H,2,5-6,11,13,15,17-19H2,(H,28,30)(H,31,32). The predicted molar refractivity (Wildman–Crippen MR) is 125 cm³/mol. The topological polar surface area (TPSA) is 83.5 Å². The number of hydrogen-bond acceptors (Lipinski definition) is 3. The first-order valence-electron chi connectivity index (χ1n) is 11.4. The molecule has 0 aliphatic heterocycles. The molecule has 1 aliphatic rings. The second-order valence-corrected chi connectivity index (χ2v) is 8.34. The number of allylic oxidation sites excluding steroid dienone is 1. The zero-order valence-electron chi connectivity index (χ0n) is 18.4. The molecular formula is C27H31NO4. The van der Waals surface area contributed by atoms with E-state index in [4.69, 9.17) is 0 Å². The van der Waals surface area contributed by atoms with Gasteiger partial charge in [-0.05, 0) is 47.9 Å². The predicted octanol–water partition coefficient (Wildman–Crippen LogP) is 4.74. The highest BCUT2D eigenvalue weighted by Gasteiger charge is 2.24. The molecule has 5 heteroatoms. The molecule has 0 saturated heterocycles. The Kier molecular flexibility index (Phi) is 8.79. The Morgan fingerprint density at radius 2 is 1.62 bits per heavy atom. The molecule has 3 rings (SSSR count). The number of rotatable bonds is 13. The minimum atomic E-state index is -1.06. The van der Waals surface area contributed by atoms with Crippen molar-refractivity contribution < 1.29 is 19.5 Å². The third-order valence-corrected chi connectivity index (χ3v) is 5.88.